The third-order valence-electron chi connectivity index (χ3n) is 4.95. The van der Waals surface area contributed by atoms with E-state index < -0.39 is 6.10 Å². The van der Waals surface area contributed by atoms with Crippen molar-refractivity contribution in [1.29, 1.82) is 0 Å². The van der Waals surface area contributed by atoms with Crippen molar-refractivity contribution in [3.8, 4) is 0 Å². The largest absolute Gasteiger partial charge is 0.389 e. The highest BCUT2D eigenvalue weighted by atomic mass is 16.3. The molecule has 2 aliphatic rings. The second-order valence-electron chi connectivity index (χ2n) is 6.16. The van der Waals surface area contributed by atoms with Crippen molar-refractivity contribution in [1.82, 2.24) is 14.9 Å². The van der Waals surface area contributed by atoms with E-state index >= 15 is 0 Å². The lowest BCUT2D eigenvalue weighted by atomic mass is 9.90. The number of aromatic nitrogens is 2. The molecule has 2 bridgehead atoms. The van der Waals surface area contributed by atoms with Gasteiger partial charge in [0.15, 0.2) is 0 Å². The average Bonchev–Trinajstić information content (AvgIpc) is 2.61. The second-order valence-corrected chi connectivity index (χ2v) is 6.16. The molecule has 2 aliphatic heterocycles. The van der Waals surface area contributed by atoms with Crippen LogP contribution in [-0.2, 0) is 0 Å². The summed E-state index contributed by atoms with van der Waals surface area (Å²) in [6.07, 6.45) is 6.33. The predicted octanol–water partition coefficient (Wildman–Crippen LogP) is 2.18. The van der Waals surface area contributed by atoms with Gasteiger partial charge in [0.2, 0.25) is 0 Å². The van der Waals surface area contributed by atoms with Gasteiger partial charge in [-0.3, -0.25) is 0 Å². The van der Waals surface area contributed by atoms with Gasteiger partial charge in [0, 0.05) is 35.5 Å². The van der Waals surface area contributed by atoms with Gasteiger partial charge in [-0.25, -0.2) is 9.97 Å². The van der Waals surface area contributed by atoms with Crippen LogP contribution in [0.25, 0.3) is 0 Å². The highest BCUT2D eigenvalue weighted by Gasteiger charge is 2.39. The van der Waals surface area contributed by atoms with E-state index in [1.165, 1.54) is 25.7 Å². The molecule has 1 aromatic heterocycles. The minimum absolute atomic E-state index is 0.484. The molecule has 2 unspecified atom stereocenters. The summed E-state index contributed by atoms with van der Waals surface area (Å²) < 4.78 is 0. The molecule has 2 fully saturated rings. The van der Waals surface area contributed by atoms with E-state index in [-0.39, 0.29) is 0 Å². The van der Waals surface area contributed by atoms with E-state index in [1.807, 2.05) is 13.1 Å². The first kappa shape index (κ1) is 13.0. The predicted molar refractivity (Wildman–Crippen MR) is 74.0 cm³/mol. The van der Waals surface area contributed by atoms with E-state index in [0.717, 1.165) is 17.1 Å². The summed E-state index contributed by atoms with van der Waals surface area (Å²) in [7, 11) is 2.25. The van der Waals surface area contributed by atoms with Crippen LogP contribution in [-0.4, -0.2) is 39.1 Å². The molecule has 0 spiro atoms. The Morgan fingerprint density at radius 3 is 2.47 bits per heavy atom. The molecular weight excluding hydrogens is 238 g/mol. The fourth-order valence-electron chi connectivity index (χ4n) is 3.72. The molecule has 2 saturated heterocycles. The lowest BCUT2D eigenvalue weighted by Crippen LogP contribution is -2.39. The molecule has 0 aromatic carbocycles. The van der Waals surface area contributed by atoms with Crippen LogP contribution in [0.5, 0.6) is 0 Å². The number of fused-ring (bicyclic) bond motifs is 2. The summed E-state index contributed by atoms with van der Waals surface area (Å²) in [5, 5.41) is 9.65. The Morgan fingerprint density at radius 2 is 1.95 bits per heavy atom. The lowest BCUT2D eigenvalue weighted by Gasteiger charge is -2.35. The number of piperidine rings is 1. The minimum Gasteiger partial charge on any atom is -0.389 e. The maximum Gasteiger partial charge on any atom is 0.131 e. The number of aryl methyl sites for hydroxylation is 1. The van der Waals surface area contributed by atoms with Crippen molar-refractivity contribution in [3.63, 3.8) is 0 Å². The first-order valence-corrected chi connectivity index (χ1v) is 7.29. The molecule has 0 radical (unpaired) electrons. The fourth-order valence-corrected chi connectivity index (χ4v) is 3.72. The number of hydrogen-bond donors (Lipinski definition) is 1. The van der Waals surface area contributed by atoms with Gasteiger partial charge in [-0.15, -0.1) is 0 Å². The van der Waals surface area contributed by atoms with Crippen molar-refractivity contribution >= 4 is 0 Å². The van der Waals surface area contributed by atoms with Crippen LogP contribution in [0, 0.1) is 6.92 Å². The van der Waals surface area contributed by atoms with E-state index in [9.17, 15) is 5.11 Å². The summed E-state index contributed by atoms with van der Waals surface area (Å²) in [6.45, 7) is 3.73. The Morgan fingerprint density at radius 1 is 1.32 bits per heavy atom. The van der Waals surface area contributed by atoms with Crippen LogP contribution in [0.15, 0.2) is 6.20 Å². The second kappa shape index (κ2) is 4.84. The molecule has 0 aliphatic carbocycles. The number of rotatable bonds is 2. The van der Waals surface area contributed by atoms with E-state index in [0.29, 0.717) is 18.0 Å². The van der Waals surface area contributed by atoms with Gasteiger partial charge in [-0.1, -0.05) is 0 Å². The average molecular weight is 261 g/mol. The van der Waals surface area contributed by atoms with E-state index in [1.54, 1.807) is 6.92 Å². The molecule has 0 amide bonds. The van der Waals surface area contributed by atoms with Gasteiger partial charge in [0.05, 0.1) is 6.10 Å². The van der Waals surface area contributed by atoms with E-state index in [2.05, 4.69) is 21.9 Å². The van der Waals surface area contributed by atoms with Crippen molar-refractivity contribution in [2.45, 2.75) is 63.6 Å². The quantitative estimate of drug-likeness (QED) is 0.886. The third-order valence-corrected chi connectivity index (χ3v) is 4.95. The summed E-state index contributed by atoms with van der Waals surface area (Å²) in [5.74, 6) is 1.47. The highest BCUT2D eigenvalue weighted by molar-refractivity contribution is 5.20. The minimum atomic E-state index is -0.484. The first-order chi connectivity index (χ1) is 9.06. The van der Waals surface area contributed by atoms with Gasteiger partial charge in [0.1, 0.15) is 5.82 Å². The molecule has 19 heavy (non-hydrogen) atoms. The molecule has 3 heterocycles. The number of nitrogens with zero attached hydrogens (tertiary/aromatic N) is 3. The molecule has 0 saturated carbocycles. The molecule has 1 N–H and O–H groups in total. The smallest absolute Gasteiger partial charge is 0.131 e. The molecule has 4 heteroatoms. The van der Waals surface area contributed by atoms with Crippen molar-refractivity contribution < 1.29 is 5.11 Å². The van der Waals surface area contributed by atoms with Crippen LogP contribution in [0.1, 0.15) is 61.7 Å². The van der Waals surface area contributed by atoms with Gasteiger partial charge in [-0.05, 0) is 46.6 Å². The van der Waals surface area contributed by atoms with Crippen molar-refractivity contribution in [3.05, 3.63) is 23.3 Å². The summed E-state index contributed by atoms with van der Waals surface area (Å²) in [6, 6.07) is 1.42. The zero-order valence-corrected chi connectivity index (χ0v) is 12.0. The van der Waals surface area contributed by atoms with Crippen LogP contribution in [0.3, 0.4) is 0 Å². The Hall–Kier alpha value is -1.00. The molecule has 3 atom stereocenters. The Labute approximate surface area is 114 Å². The van der Waals surface area contributed by atoms with Gasteiger partial charge < -0.3 is 10.0 Å². The Balaban J connectivity index is 1.82. The summed E-state index contributed by atoms with van der Waals surface area (Å²) in [4.78, 5) is 11.7. The zero-order valence-electron chi connectivity index (χ0n) is 12.0. The zero-order chi connectivity index (χ0) is 13.6. The Bertz CT molecular complexity index is 460. The normalized spacial score (nSPS) is 32.5. The summed E-state index contributed by atoms with van der Waals surface area (Å²) >= 11 is 0. The summed E-state index contributed by atoms with van der Waals surface area (Å²) in [5.41, 5.74) is 1.77. The van der Waals surface area contributed by atoms with Gasteiger partial charge in [-0.2, -0.15) is 0 Å². The fraction of sp³-hybridized carbons (Fsp3) is 0.733. The SMILES string of the molecule is Cc1nc(C2CC3CCC(C2)N3C)ncc1[C@H](C)O. The number of aliphatic hydroxyl groups is 1. The first-order valence-electron chi connectivity index (χ1n) is 7.29. The topological polar surface area (TPSA) is 49.2 Å². The lowest BCUT2D eigenvalue weighted by molar-refractivity contribution is 0.158. The maximum atomic E-state index is 9.65. The van der Waals surface area contributed by atoms with E-state index in [4.69, 9.17) is 0 Å². The molecule has 1 aromatic rings. The standard InChI is InChI=1S/C15H23N3O/c1-9-14(10(2)19)8-16-15(17-9)11-6-12-4-5-13(7-11)18(12)3/h8,10-13,19H,4-7H2,1-3H3/t10-,11?,12?,13?/m0/s1. The van der Waals surface area contributed by atoms with Crippen molar-refractivity contribution in [2.75, 3.05) is 7.05 Å². The van der Waals surface area contributed by atoms with Crippen LogP contribution in [0.2, 0.25) is 0 Å². The number of hydrogen-bond acceptors (Lipinski definition) is 4. The number of aliphatic hydroxyl groups excluding tert-OH is 1. The molecule has 104 valence electrons. The molecular formula is C15H23N3O. The van der Waals surface area contributed by atoms with Gasteiger partial charge >= 0.3 is 0 Å². The van der Waals surface area contributed by atoms with Gasteiger partial charge in [0.25, 0.3) is 0 Å². The van der Waals surface area contributed by atoms with Crippen LogP contribution < -0.4 is 0 Å². The van der Waals surface area contributed by atoms with Crippen molar-refractivity contribution in [2.24, 2.45) is 0 Å². The Kier molecular flexibility index (Phi) is 3.31. The molecule has 3 rings (SSSR count). The van der Waals surface area contributed by atoms with Crippen LogP contribution >= 0.6 is 0 Å². The molecule has 4 nitrogen and oxygen atoms in total. The highest BCUT2D eigenvalue weighted by Crippen LogP contribution is 2.41. The third kappa shape index (κ3) is 2.28. The monoisotopic (exact) mass is 261 g/mol. The maximum absolute atomic E-state index is 9.65. The van der Waals surface area contributed by atoms with Crippen LogP contribution in [0.4, 0.5) is 0 Å².